The zero-order valence-corrected chi connectivity index (χ0v) is 8.64. The molecule has 0 spiro atoms. The van der Waals surface area contributed by atoms with Crippen LogP contribution in [0.3, 0.4) is 0 Å². The highest BCUT2D eigenvalue weighted by atomic mass is 15.1. The van der Waals surface area contributed by atoms with Crippen LogP contribution in [0.4, 0.5) is 0 Å². The molecule has 1 atom stereocenters. The number of likely N-dealkylation sites (tertiary alicyclic amines) is 1. The van der Waals surface area contributed by atoms with Gasteiger partial charge in [-0.1, -0.05) is 6.92 Å². The molecule has 1 fully saturated rings. The van der Waals surface area contributed by atoms with Crippen LogP contribution in [-0.4, -0.2) is 37.6 Å². The van der Waals surface area contributed by atoms with E-state index in [1.54, 1.807) is 0 Å². The topological polar surface area (TPSA) is 15.3 Å². The second-order valence-corrected chi connectivity index (χ2v) is 3.85. The molecule has 0 aliphatic carbocycles. The third-order valence-corrected chi connectivity index (χ3v) is 3.24. The molecule has 0 amide bonds. The Morgan fingerprint density at radius 3 is 2.42 bits per heavy atom. The molecule has 1 aliphatic rings. The molecule has 0 aromatic rings. The smallest absolute Gasteiger partial charge is 0.00649 e. The molecule has 2 nitrogen and oxygen atoms in total. The van der Waals surface area contributed by atoms with Crippen molar-refractivity contribution in [3.8, 4) is 0 Å². The van der Waals surface area contributed by atoms with Crippen LogP contribution in [0.25, 0.3) is 0 Å². The van der Waals surface area contributed by atoms with Crippen molar-refractivity contribution < 1.29 is 0 Å². The average Bonchev–Trinajstić information content (AvgIpc) is 2.17. The van der Waals surface area contributed by atoms with Crippen LogP contribution < -0.4 is 5.32 Å². The van der Waals surface area contributed by atoms with Gasteiger partial charge >= 0.3 is 0 Å². The molecule has 1 unspecified atom stereocenters. The molecule has 1 saturated heterocycles. The van der Waals surface area contributed by atoms with E-state index in [0.29, 0.717) is 6.04 Å². The summed E-state index contributed by atoms with van der Waals surface area (Å²) in [5.74, 6) is 0.901. The van der Waals surface area contributed by atoms with Crippen LogP contribution in [-0.2, 0) is 0 Å². The first kappa shape index (κ1) is 10.0. The highest BCUT2D eigenvalue weighted by molar-refractivity contribution is 4.77. The lowest BCUT2D eigenvalue weighted by Crippen LogP contribution is -2.40. The Labute approximate surface area is 76.3 Å². The summed E-state index contributed by atoms with van der Waals surface area (Å²) in [4.78, 5) is 2.54. The Hall–Kier alpha value is -0.0800. The first-order valence-corrected chi connectivity index (χ1v) is 5.17. The quantitative estimate of drug-likeness (QED) is 0.687. The van der Waals surface area contributed by atoms with Crippen LogP contribution in [0.15, 0.2) is 0 Å². The predicted octanol–water partition coefficient (Wildman–Crippen LogP) is 1.33. The zero-order valence-electron chi connectivity index (χ0n) is 8.64. The molecule has 1 heterocycles. The van der Waals surface area contributed by atoms with Gasteiger partial charge < -0.3 is 10.2 Å². The van der Waals surface area contributed by atoms with Crippen molar-refractivity contribution in [2.24, 2.45) is 5.92 Å². The monoisotopic (exact) mass is 170 g/mol. The number of rotatable bonds is 3. The lowest BCUT2D eigenvalue weighted by molar-refractivity contribution is 0.171. The van der Waals surface area contributed by atoms with Gasteiger partial charge in [0.1, 0.15) is 0 Å². The van der Waals surface area contributed by atoms with E-state index in [0.717, 1.165) is 5.92 Å². The normalized spacial score (nSPS) is 24.2. The Morgan fingerprint density at radius 1 is 1.42 bits per heavy atom. The first-order valence-electron chi connectivity index (χ1n) is 5.17. The van der Waals surface area contributed by atoms with Crippen molar-refractivity contribution in [1.82, 2.24) is 10.2 Å². The Bertz CT molecular complexity index is 117. The molecule has 0 radical (unpaired) electrons. The minimum atomic E-state index is 0.698. The fourth-order valence-electron chi connectivity index (χ4n) is 2.00. The van der Waals surface area contributed by atoms with Crippen molar-refractivity contribution in [2.45, 2.75) is 32.7 Å². The van der Waals surface area contributed by atoms with Crippen LogP contribution in [0.1, 0.15) is 26.7 Å². The van der Waals surface area contributed by atoms with Gasteiger partial charge in [0, 0.05) is 6.04 Å². The van der Waals surface area contributed by atoms with Gasteiger partial charge in [-0.25, -0.2) is 0 Å². The summed E-state index contributed by atoms with van der Waals surface area (Å²) in [6.07, 6.45) is 2.74. The van der Waals surface area contributed by atoms with Crippen molar-refractivity contribution in [1.29, 1.82) is 0 Å². The molecule has 72 valence electrons. The lowest BCUT2D eigenvalue weighted by Gasteiger charge is -2.34. The fourth-order valence-corrected chi connectivity index (χ4v) is 2.00. The second kappa shape index (κ2) is 4.83. The van der Waals surface area contributed by atoms with Gasteiger partial charge in [-0.15, -0.1) is 0 Å². The molecular weight excluding hydrogens is 148 g/mol. The number of piperidine rings is 1. The van der Waals surface area contributed by atoms with Gasteiger partial charge in [0.25, 0.3) is 0 Å². The Balaban J connectivity index is 2.25. The molecule has 1 N–H and O–H groups in total. The molecule has 1 rings (SSSR count). The third kappa shape index (κ3) is 2.46. The maximum atomic E-state index is 3.35. The number of nitrogens with zero attached hydrogens (tertiary/aromatic N) is 1. The van der Waals surface area contributed by atoms with E-state index in [-0.39, 0.29) is 0 Å². The SMILES string of the molecule is CCN1CCC(C(C)NC)CC1. The average molecular weight is 170 g/mol. The fraction of sp³-hybridized carbons (Fsp3) is 1.00. The van der Waals surface area contributed by atoms with Crippen molar-refractivity contribution in [3.05, 3.63) is 0 Å². The Kier molecular flexibility index (Phi) is 4.02. The molecule has 2 heteroatoms. The molecule has 0 aromatic carbocycles. The van der Waals surface area contributed by atoms with Crippen molar-refractivity contribution in [2.75, 3.05) is 26.7 Å². The van der Waals surface area contributed by atoms with E-state index in [2.05, 4.69) is 31.1 Å². The minimum absolute atomic E-state index is 0.698. The first-order chi connectivity index (χ1) is 5.77. The summed E-state index contributed by atoms with van der Waals surface area (Å²) >= 11 is 0. The highest BCUT2D eigenvalue weighted by Gasteiger charge is 2.21. The van der Waals surface area contributed by atoms with Crippen LogP contribution in [0.5, 0.6) is 0 Å². The van der Waals surface area contributed by atoms with E-state index in [1.807, 2.05) is 0 Å². The number of hydrogen-bond donors (Lipinski definition) is 1. The Morgan fingerprint density at radius 2 is 2.00 bits per heavy atom. The van der Waals surface area contributed by atoms with Gasteiger partial charge in [-0.2, -0.15) is 0 Å². The summed E-state index contributed by atoms with van der Waals surface area (Å²) in [6.45, 7) is 8.37. The van der Waals surface area contributed by atoms with E-state index < -0.39 is 0 Å². The molecule has 0 bridgehead atoms. The second-order valence-electron chi connectivity index (χ2n) is 3.85. The molecule has 12 heavy (non-hydrogen) atoms. The van der Waals surface area contributed by atoms with E-state index in [9.17, 15) is 0 Å². The molecule has 0 aromatic heterocycles. The van der Waals surface area contributed by atoms with Crippen LogP contribution in [0, 0.1) is 5.92 Å². The van der Waals surface area contributed by atoms with Crippen LogP contribution in [0.2, 0.25) is 0 Å². The standard InChI is InChI=1S/C10H22N2/c1-4-12-7-5-10(6-8-12)9(2)11-3/h9-11H,4-8H2,1-3H3. The van der Waals surface area contributed by atoms with Gasteiger partial charge in [0.15, 0.2) is 0 Å². The van der Waals surface area contributed by atoms with Gasteiger partial charge in [-0.05, 0) is 52.4 Å². The third-order valence-electron chi connectivity index (χ3n) is 3.24. The minimum Gasteiger partial charge on any atom is -0.317 e. The molecule has 1 aliphatic heterocycles. The molecular formula is C10H22N2. The summed E-state index contributed by atoms with van der Waals surface area (Å²) in [7, 11) is 2.07. The summed E-state index contributed by atoms with van der Waals surface area (Å²) in [6, 6.07) is 0.698. The summed E-state index contributed by atoms with van der Waals surface area (Å²) in [5.41, 5.74) is 0. The van der Waals surface area contributed by atoms with E-state index >= 15 is 0 Å². The molecule has 0 saturated carbocycles. The van der Waals surface area contributed by atoms with Crippen molar-refractivity contribution in [3.63, 3.8) is 0 Å². The van der Waals surface area contributed by atoms with Gasteiger partial charge in [-0.3, -0.25) is 0 Å². The highest BCUT2D eigenvalue weighted by Crippen LogP contribution is 2.19. The number of hydrogen-bond acceptors (Lipinski definition) is 2. The van der Waals surface area contributed by atoms with E-state index in [4.69, 9.17) is 0 Å². The largest absolute Gasteiger partial charge is 0.317 e. The van der Waals surface area contributed by atoms with E-state index in [1.165, 1.54) is 32.5 Å². The van der Waals surface area contributed by atoms with Gasteiger partial charge in [0.2, 0.25) is 0 Å². The summed E-state index contributed by atoms with van der Waals surface area (Å²) in [5, 5.41) is 3.35. The van der Waals surface area contributed by atoms with Gasteiger partial charge in [0.05, 0.1) is 0 Å². The predicted molar refractivity (Wildman–Crippen MR) is 53.4 cm³/mol. The maximum Gasteiger partial charge on any atom is 0.00649 e. The maximum absolute atomic E-state index is 3.35. The lowest BCUT2D eigenvalue weighted by atomic mass is 9.90. The summed E-state index contributed by atoms with van der Waals surface area (Å²) < 4.78 is 0. The van der Waals surface area contributed by atoms with Crippen LogP contribution >= 0.6 is 0 Å². The van der Waals surface area contributed by atoms with Crippen molar-refractivity contribution >= 4 is 0 Å². The number of nitrogens with one attached hydrogen (secondary N) is 1. The zero-order chi connectivity index (χ0) is 8.97.